The first-order valence-corrected chi connectivity index (χ1v) is 11.6. The fourth-order valence-corrected chi connectivity index (χ4v) is 4.55. The van der Waals surface area contributed by atoms with Gasteiger partial charge in [0.1, 0.15) is 0 Å². The number of rotatable bonds is 5. The number of fused-ring (bicyclic) bond motifs is 1. The number of nitrogens with two attached hydrogens (primary N) is 1. The highest BCUT2D eigenvalue weighted by molar-refractivity contribution is 5.95. The molecular formula is C23H30N8O. The first-order valence-electron chi connectivity index (χ1n) is 11.6. The van der Waals surface area contributed by atoms with Gasteiger partial charge < -0.3 is 26.3 Å². The summed E-state index contributed by atoms with van der Waals surface area (Å²) >= 11 is 0. The minimum Gasteiger partial charge on any atom is -0.351 e. The molecule has 1 aliphatic carbocycles. The van der Waals surface area contributed by atoms with Crippen molar-refractivity contribution in [2.24, 2.45) is 5.73 Å². The molecule has 3 heterocycles. The zero-order valence-corrected chi connectivity index (χ0v) is 18.2. The summed E-state index contributed by atoms with van der Waals surface area (Å²) in [6.07, 6.45) is 9.05. The lowest BCUT2D eigenvalue weighted by atomic mass is 9.92. The Morgan fingerprint density at radius 1 is 1.03 bits per heavy atom. The third-order valence-electron chi connectivity index (χ3n) is 6.42. The quantitative estimate of drug-likeness (QED) is 0.485. The van der Waals surface area contributed by atoms with E-state index in [1.54, 1.807) is 6.33 Å². The number of nitrogens with zero attached hydrogens (tertiary/aromatic N) is 4. The van der Waals surface area contributed by atoms with Crippen LogP contribution >= 0.6 is 0 Å². The summed E-state index contributed by atoms with van der Waals surface area (Å²) in [5.74, 6) is 1.30. The van der Waals surface area contributed by atoms with E-state index in [2.05, 4.69) is 25.6 Å². The first-order chi connectivity index (χ1) is 15.7. The van der Waals surface area contributed by atoms with Crippen LogP contribution in [0.15, 0.2) is 30.6 Å². The molecule has 2 aromatic heterocycles. The number of amides is 1. The van der Waals surface area contributed by atoms with Gasteiger partial charge in [-0.2, -0.15) is 9.97 Å². The SMILES string of the molecule is NC1CCC(Nc2nc(Nc3ccc(C(=O)N4CCCCC4)cc3)c3nc[nH]c3n2)CC1. The summed E-state index contributed by atoms with van der Waals surface area (Å²) in [5, 5.41) is 6.80. The van der Waals surface area contributed by atoms with E-state index in [0.29, 0.717) is 40.6 Å². The van der Waals surface area contributed by atoms with Crippen molar-refractivity contribution in [2.75, 3.05) is 23.7 Å². The molecule has 1 aliphatic heterocycles. The van der Waals surface area contributed by atoms with Crippen molar-refractivity contribution in [3.63, 3.8) is 0 Å². The van der Waals surface area contributed by atoms with E-state index in [4.69, 9.17) is 10.7 Å². The third-order valence-corrected chi connectivity index (χ3v) is 6.42. The molecule has 9 heteroatoms. The zero-order chi connectivity index (χ0) is 21.9. The van der Waals surface area contributed by atoms with Gasteiger partial charge >= 0.3 is 0 Å². The number of imidazole rings is 1. The average Bonchev–Trinajstić information content (AvgIpc) is 3.30. The van der Waals surface area contributed by atoms with Crippen LogP contribution in [-0.2, 0) is 0 Å². The molecule has 2 aliphatic rings. The summed E-state index contributed by atoms with van der Waals surface area (Å²) in [6.45, 7) is 1.69. The van der Waals surface area contributed by atoms with Gasteiger partial charge in [-0.25, -0.2) is 4.98 Å². The molecule has 1 aromatic carbocycles. The van der Waals surface area contributed by atoms with Crippen LogP contribution in [0.4, 0.5) is 17.5 Å². The van der Waals surface area contributed by atoms with Gasteiger partial charge in [0.25, 0.3) is 5.91 Å². The number of hydrogen-bond donors (Lipinski definition) is 4. The van der Waals surface area contributed by atoms with Crippen molar-refractivity contribution in [1.82, 2.24) is 24.8 Å². The number of aromatic nitrogens is 4. The van der Waals surface area contributed by atoms with E-state index in [0.717, 1.165) is 57.3 Å². The van der Waals surface area contributed by atoms with Crippen LogP contribution < -0.4 is 16.4 Å². The molecule has 0 atom stereocenters. The highest BCUT2D eigenvalue weighted by Gasteiger charge is 2.21. The summed E-state index contributed by atoms with van der Waals surface area (Å²) < 4.78 is 0. The van der Waals surface area contributed by atoms with Crippen molar-refractivity contribution in [3.8, 4) is 0 Å². The number of carbonyl (C=O) groups is 1. The lowest BCUT2D eigenvalue weighted by Gasteiger charge is -2.27. The lowest BCUT2D eigenvalue weighted by molar-refractivity contribution is 0.0724. The smallest absolute Gasteiger partial charge is 0.253 e. The molecule has 5 N–H and O–H groups in total. The second-order valence-electron chi connectivity index (χ2n) is 8.81. The number of carbonyl (C=O) groups excluding carboxylic acids is 1. The van der Waals surface area contributed by atoms with Crippen molar-refractivity contribution in [3.05, 3.63) is 36.2 Å². The van der Waals surface area contributed by atoms with Crippen LogP contribution in [0, 0.1) is 0 Å². The number of benzene rings is 1. The van der Waals surface area contributed by atoms with Gasteiger partial charge in [-0.15, -0.1) is 0 Å². The number of hydrogen-bond acceptors (Lipinski definition) is 7. The second kappa shape index (κ2) is 9.12. The van der Waals surface area contributed by atoms with Gasteiger partial charge in [0.15, 0.2) is 17.0 Å². The number of H-pyrrole nitrogens is 1. The van der Waals surface area contributed by atoms with Gasteiger partial charge in [0, 0.05) is 36.4 Å². The molecule has 168 valence electrons. The van der Waals surface area contributed by atoms with Crippen molar-refractivity contribution >= 4 is 34.5 Å². The maximum atomic E-state index is 12.7. The molecule has 2 fully saturated rings. The topological polar surface area (TPSA) is 125 Å². The Labute approximate surface area is 187 Å². The normalized spacial score (nSPS) is 21.5. The van der Waals surface area contributed by atoms with Crippen LogP contribution in [-0.4, -0.2) is 55.9 Å². The van der Waals surface area contributed by atoms with Crippen LogP contribution in [0.2, 0.25) is 0 Å². The Morgan fingerprint density at radius 3 is 2.53 bits per heavy atom. The van der Waals surface area contributed by atoms with E-state index in [1.165, 1.54) is 6.42 Å². The Hall–Kier alpha value is -3.20. The highest BCUT2D eigenvalue weighted by atomic mass is 16.2. The minimum atomic E-state index is 0.103. The molecule has 0 radical (unpaired) electrons. The molecule has 32 heavy (non-hydrogen) atoms. The lowest BCUT2D eigenvalue weighted by Crippen LogP contribution is -2.35. The number of nitrogens with one attached hydrogen (secondary N) is 3. The van der Waals surface area contributed by atoms with Gasteiger partial charge in [0.2, 0.25) is 5.95 Å². The molecule has 5 rings (SSSR count). The maximum absolute atomic E-state index is 12.7. The number of piperidine rings is 1. The second-order valence-corrected chi connectivity index (χ2v) is 8.81. The Bertz CT molecular complexity index is 1070. The molecular weight excluding hydrogens is 404 g/mol. The molecule has 0 unspecified atom stereocenters. The Balaban J connectivity index is 1.32. The fraction of sp³-hybridized carbons (Fsp3) is 0.478. The molecule has 9 nitrogen and oxygen atoms in total. The standard InChI is InChI=1S/C23H30N8O/c24-16-6-10-18(11-7-16)28-23-29-20-19(25-14-26-20)21(30-23)27-17-8-4-15(5-9-17)22(32)31-12-2-1-3-13-31/h4-5,8-9,14,16,18H,1-3,6-7,10-13,24H2,(H3,25,26,27,28,29,30). The molecule has 0 bridgehead atoms. The predicted octanol–water partition coefficient (Wildman–Crippen LogP) is 3.40. The summed E-state index contributed by atoms with van der Waals surface area (Å²) in [5.41, 5.74) is 8.93. The number of anilines is 3. The van der Waals surface area contributed by atoms with Gasteiger partial charge in [-0.1, -0.05) is 0 Å². The Kier molecular flexibility index (Phi) is 5.89. The van der Waals surface area contributed by atoms with Crippen molar-refractivity contribution in [2.45, 2.75) is 57.0 Å². The van der Waals surface area contributed by atoms with Crippen molar-refractivity contribution in [1.29, 1.82) is 0 Å². The monoisotopic (exact) mass is 434 g/mol. The number of likely N-dealkylation sites (tertiary alicyclic amines) is 1. The molecule has 0 spiro atoms. The summed E-state index contributed by atoms with van der Waals surface area (Å²) in [7, 11) is 0. The zero-order valence-electron chi connectivity index (χ0n) is 18.2. The first kappa shape index (κ1) is 20.7. The van der Waals surface area contributed by atoms with Crippen molar-refractivity contribution < 1.29 is 4.79 Å². The van der Waals surface area contributed by atoms with Gasteiger partial charge in [-0.05, 0) is 69.2 Å². The predicted molar refractivity (Wildman–Crippen MR) is 125 cm³/mol. The summed E-state index contributed by atoms with van der Waals surface area (Å²) in [4.78, 5) is 31.4. The van der Waals surface area contributed by atoms with E-state index >= 15 is 0 Å². The van der Waals surface area contributed by atoms with Gasteiger partial charge in [0.05, 0.1) is 6.33 Å². The molecule has 1 saturated carbocycles. The minimum absolute atomic E-state index is 0.103. The average molecular weight is 435 g/mol. The number of aromatic amines is 1. The van der Waals surface area contributed by atoms with E-state index < -0.39 is 0 Å². The van der Waals surface area contributed by atoms with E-state index in [9.17, 15) is 4.79 Å². The van der Waals surface area contributed by atoms with Crippen LogP contribution in [0.5, 0.6) is 0 Å². The highest BCUT2D eigenvalue weighted by Crippen LogP contribution is 2.26. The molecule has 1 amide bonds. The van der Waals surface area contributed by atoms with Gasteiger partial charge in [-0.3, -0.25) is 4.79 Å². The maximum Gasteiger partial charge on any atom is 0.253 e. The van der Waals surface area contributed by atoms with E-state index in [1.807, 2.05) is 29.2 Å². The Morgan fingerprint density at radius 2 is 1.78 bits per heavy atom. The van der Waals surface area contributed by atoms with Crippen LogP contribution in [0.1, 0.15) is 55.3 Å². The van der Waals surface area contributed by atoms with Crippen LogP contribution in [0.3, 0.4) is 0 Å². The van der Waals surface area contributed by atoms with E-state index in [-0.39, 0.29) is 5.91 Å². The fourth-order valence-electron chi connectivity index (χ4n) is 4.55. The summed E-state index contributed by atoms with van der Waals surface area (Å²) in [6, 6.07) is 8.18. The third kappa shape index (κ3) is 4.52. The molecule has 1 saturated heterocycles. The van der Waals surface area contributed by atoms with Crippen LogP contribution in [0.25, 0.3) is 11.2 Å². The largest absolute Gasteiger partial charge is 0.351 e. The molecule has 3 aromatic rings.